The van der Waals surface area contributed by atoms with Gasteiger partial charge in [0.25, 0.3) is 0 Å². The van der Waals surface area contributed by atoms with Gasteiger partial charge in [-0.2, -0.15) is 0 Å². The van der Waals surface area contributed by atoms with Crippen molar-refractivity contribution >= 4 is 25.8 Å². The summed E-state index contributed by atoms with van der Waals surface area (Å²) in [6, 6.07) is 0. The van der Waals surface area contributed by atoms with E-state index in [1.807, 2.05) is 0 Å². The minimum Gasteiger partial charge on any atom is -0.229 e. The Labute approximate surface area is 102 Å². The average molecular weight is 297 g/mol. The smallest absolute Gasteiger partial charge is 0.153 e. The second-order valence-corrected chi connectivity index (χ2v) is 7.84. The first kappa shape index (κ1) is 13.5. The second kappa shape index (κ2) is 6.24. The van der Waals surface area contributed by atoms with Gasteiger partial charge in [-0.25, -0.2) is 8.42 Å². The first-order valence-electron chi connectivity index (χ1n) is 5.84. The number of hydrogen-bond acceptors (Lipinski definition) is 2. The summed E-state index contributed by atoms with van der Waals surface area (Å²) in [5.41, 5.74) is 0. The van der Waals surface area contributed by atoms with Crippen molar-refractivity contribution in [3.8, 4) is 0 Å². The Balaban J connectivity index is 2.35. The second-order valence-electron chi connectivity index (χ2n) is 4.64. The van der Waals surface area contributed by atoms with Crippen molar-refractivity contribution in [2.45, 2.75) is 50.7 Å². The molecule has 0 spiro atoms. The van der Waals surface area contributed by atoms with Crippen molar-refractivity contribution in [2.24, 2.45) is 5.92 Å². The Kier molecular flexibility index (Phi) is 5.61. The molecular formula is C11H21BrO2S. The van der Waals surface area contributed by atoms with E-state index in [2.05, 4.69) is 22.9 Å². The van der Waals surface area contributed by atoms with Gasteiger partial charge in [0, 0.05) is 5.33 Å². The van der Waals surface area contributed by atoms with Crippen molar-refractivity contribution in [2.75, 3.05) is 11.1 Å². The quantitative estimate of drug-likeness (QED) is 0.706. The van der Waals surface area contributed by atoms with Gasteiger partial charge >= 0.3 is 0 Å². The van der Waals surface area contributed by atoms with E-state index in [0.717, 1.165) is 43.9 Å². The van der Waals surface area contributed by atoms with Crippen LogP contribution in [-0.4, -0.2) is 24.8 Å². The number of alkyl halides is 1. The topological polar surface area (TPSA) is 34.1 Å². The van der Waals surface area contributed by atoms with Crippen molar-refractivity contribution < 1.29 is 8.42 Å². The molecule has 1 rings (SSSR count). The van der Waals surface area contributed by atoms with Gasteiger partial charge in [-0.1, -0.05) is 35.7 Å². The van der Waals surface area contributed by atoms with Crippen molar-refractivity contribution in [1.29, 1.82) is 0 Å². The zero-order valence-electron chi connectivity index (χ0n) is 9.41. The van der Waals surface area contributed by atoms with Crippen LogP contribution in [0.2, 0.25) is 0 Å². The molecule has 2 nitrogen and oxygen atoms in total. The van der Waals surface area contributed by atoms with Crippen molar-refractivity contribution in [3.63, 3.8) is 0 Å². The van der Waals surface area contributed by atoms with Gasteiger partial charge in [0.2, 0.25) is 0 Å². The SMILES string of the molecule is CC(CCBr)CCS(=O)(=O)C1CCCC1. The van der Waals surface area contributed by atoms with Crippen molar-refractivity contribution in [1.82, 2.24) is 0 Å². The van der Waals surface area contributed by atoms with Crippen LogP contribution in [0, 0.1) is 5.92 Å². The highest BCUT2D eigenvalue weighted by atomic mass is 79.9. The van der Waals surface area contributed by atoms with Gasteiger partial charge < -0.3 is 0 Å². The molecule has 1 saturated carbocycles. The standard InChI is InChI=1S/C11H21BrO2S/c1-10(6-8-12)7-9-15(13,14)11-4-2-3-5-11/h10-11H,2-9H2,1H3. The monoisotopic (exact) mass is 296 g/mol. The van der Waals surface area contributed by atoms with Crippen LogP contribution in [0.1, 0.15) is 45.4 Å². The molecule has 0 saturated heterocycles. The largest absolute Gasteiger partial charge is 0.229 e. The highest BCUT2D eigenvalue weighted by Crippen LogP contribution is 2.26. The maximum absolute atomic E-state index is 11.9. The summed E-state index contributed by atoms with van der Waals surface area (Å²) in [6.45, 7) is 2.13. The molecule has 0 aromatic rings. The van der Waals surface area contributed by atoms with E-state index in [4.69, 9.17) is 0 Å². The molecule has 1 aliphatic carbocycles. The first-order chi connectivity index (χ1) is 7.06. The van der Waals surface area contributed by atoms with Gasteiger partial charge in [0.05, 0.1) is 11.0 Å². The van der Waals surface area contributed by atoms with Crippen LogP contribution in [-0.2, 0) is 9.84 Å². The lowest BCUT2D eigenvalue weighted by Crippen LogP contribution is -2.22. The zero-order valence-corrected chi connectivity index (χ0v) is 11.8. The van der Waals surface area contributed by atoms with Crippen LogP contribution in [0.5, 0.6) is 0 Å². The molecule has 1 aliphatic rings. The fourth-order valence-corrected chi connectivity index (χ4v) is 5.01. The minimum absolute atomic E-state index is 0.0197. The highest BCUT2D eigenvalue weighted by molar-refractivity contribution is 9.09. The van der Waals surface area contributed by atoms with E-state index < -0.39 is 9.84 Å². The highest BCUT2D eigenvalue weighted by Gasteiger charge is 2.28. The van der Waals surface area contributed by atoms with E-state index in [-0.39, 0.29) is 5.25 Å². The molecule has 90 valence electrons. The summed E-state index contributed by atoms with van der Waals surface area (Å²) in [5, 5.41) is 0.950. The molecule has 0 radical (unpaired) electrons. The molecular weight excluding hydrogens is 276 g/mol. The van der Waals surface area contributed by atoms with E-state index in [1.165, 1.54) is 0 Å². The van der Waals surface area contributed by atoms with Gasteiger partial charge in [-0.15, -0.1) is 0 Å². The molecule has 0 amide bonds. The number of halogens is 1. The van der Waals surface area contributed by atoms with Crippen molar-refractivity contribution in [3.05, 3.63) is 0 Å². The third-order valence-electron chi connectivity index (χ3n) is 3.31. The van der Waals surface area contributed by atoms with Gasteiger partial charge in [0.1, 0.15) is 0 Å². The normalized spacial score (nSPS) is 20.7. The molecule has 4 heteroatoms. The van der Waals surface area contributed by atoms with Crippen LogP contribution < -0.4 is 0 Å². The predicted octanol–water partition coefficient (Wildman–Crippen LogP) is 3.16. The summed E-state index contributed by atoms with van der Waals surface area (Å²) in [6.07, 6.45) is 5.89. The maximum Gasteiger partial charge on any atom is 0.153 e. The molecule has 15 heavy (non-hydrogen) atoms. The molecule has 1 atom stereocenters. The predicted molar refractivity (Wildman–Crippen MR) is 68.2 cm³/mol. The fraction of sp³-hybridized carbons (Fsp3) is 1.00. The molecule has 1 unspecified atom stereocenters. The van der Waals surface area contributed by atoms with Crippen LogP contribution in [0.25, 0.3) is 0 Å². The molecule has 1 fully saturated rings. The summed E-state index contributed by atoms with van der Waals surface area (Å²) in [5.74, 6) is 0.909. The molecule has 0 heterocycles. The Bertz CT molecular complexity index is 268. The lowest BCUT2D eigenvalue weighted by molar-refractivity contribution is 0.531. The van der Waals surface area contributed by atoms with E-state index in [9.17, 15) is 8.42 Å². The average Bonchev–Trinajstić information content (AvgIpc) is 2.69. The first-order valence-corrected chi connectivity index (χ1v) is 8.67. The van der Waals surface area contributed by atoms with Gasteiger partial charge in [0.15, 0.2) is 9.84 Å². The molecule has 0 aliphatic heterocycles. The summed E-state index contributed by atoms with van der Waals surface area (Å²) >= 11 is 3.39. The summed E-state index contributed by atoms with van der Waals surface area (Å²) < 4.78 is 23.9. The van der Waals surface area contributed by atoms with Crippen LogP contribution in [0.15, 0.2) is 0 Å². The lowest BCUT2D eigenvalue weighted by Gasteiger charge is -2.13. The lowest BCUT2D eigenvalue weighted by atomic mass is 10.1. The molecule has 0 N–H and O–H groups in total. The van der Waals surface area contributed by atoms with Gasteiger partial charge in [-0.05, 0) is 31.6 Å². The number of sulfone groups is 1. The fourth-order valence-electron chi connectivity index (χ4n) is 2.11. The molecule has 0 aromatic carbocycles. The third-order valence-corrected chi connectivity index (χ3v) is 6.06. The number of hydrogen-bond donors (Lipinski definition) is 0. The summed E-state index contributed by atoms with van der Waals surface area (Å²) in [7, 11) is -2.79. The van der Waals surface area contributed by atoms with Gasteiger partial charge in [-0.3, -0.25) is 0 Å². The third kappa shape index (κ3) is 4.43. The Morgan fingerprint density at radius 2 is 1.87 bits per heavy atom. The van der Waals surface area contributed by atoms with Crippen LogP contribution in [0.4, 0.5) is 0 Å². The summed E-state index contributed by atoms with van der Waals surface area (Å²) in [4.78, 5) is 0. The van der Waals surface area contributed by atoms with E-state index >= 15 is 0 Å². The Morgan fingerprint density at radius 1 is 1.27 bits per heavy atom. The van der Waals surface area contributed by atoms with E-state index in [1.54, 1.807) is 0 Å². The Hall–Kier alpha value is 0.430. The Morgan fingerprint density at radius 3 is 2.40 bits per heavy atom. The van der Waals surface area contributed by atoms with Crippen LogP contribution in [0.3, 0.4) is 0 Å². The van der Waals surface area contributed by atoms with E-state index in [0.29, 0.717) is 11.7 Å². The molecule has 0 bridgehead atoms. The minimum atomic E-state index is -2.79. The maximum atomic E-state index is 11.9. The zero-order chi connectivity index (χ0) is 11.3. The molecule has 0 aromatic heterocycles. The van der Waals surface area contributed by atoms with Crippen LogP contribution >= 0.6 is 15.9 Å². The number of rotatable bonds is 6.